The minimum atomic E-state index is -0.313. The Morgan fingerprint density at radius 3 is 2.27 bits per heavy atom. The van der Waals surface area contributed by atoms with Crippen molar-refractivity contribution in [1.82, 2.24) is 5.32 Å². The number of methoxy groups -OCH3 is 2. The van der Waals surface area contributed by atoms with Crippen molar-refractivity contribution in [3.63, 3.8) is 0 Å². The molecule has 1 N–H and O–H groups in total. The number of nitrogens with one attached hydrogen (secondary N) is 1. The first-order chi connectivity index (χ1) is 14.5. The van der Waals surface area contributed by atoms with Crippen LogP contribution in [0.4, 0.5) is 4.39 Å². The van der Waals surface area contributed by atoms with Gasteiger partial charge in [0.05, 0.1) is 20.3 Å². The zero-order valence-corrected chi connectivity index (χ0v) is 17.1. The Balaban J connectivity index is 1.74. The summed E-state index contributed by atoms with van der Waals surface area (Å²) in [6.07, 6.45) is 0. The van der Waals surface area contributed by atoms with Gasteiger partial charge >= 0.3 is 0 Å². The van der Waals surface area contributed by atoms with E-state index in [2.05, 4.69) is 5.32 Å². The molecule has 3 aromatic carbocycles. The predicted molar refractivity (Wildman–Crippen MR) is 113 cm³/mol. The quantitative estimate of drug-likeness (QED) is 0.574. The second-order valence-corrected chi connectivity index (χ2v) is 6.71. The van der Waals surface area contributed by atoms with Crippen LogP contribution in [0.3, 0.4) is 0 Å². The van der Waals surface area contributed by atoms with E-state index in [-0.39, 0.29) is 24.4 Å². The van der Waals surface area contributed by atoms with Crippen LogP contribution in [-0.4, -0.2) is 20.1 Å². The summed E-state index contributed by atoms with van der Waals surface area (Å²) in [5.74, 6) is 1.29. The Morgan fingerprint density at radius 1 is 0.933 bits per heavy atom. The third-order valence-corrected chi connectivity index (χ3v) is 4.71. The van der Waals surface area contributed by atoms with E-state index in [0.717, 1.165) is 11.1 Å². The number of benzene rings is 3. The number of hydrogen-bond acceptors (Lipinski definition) is 4. The van der Waals surface area contributed by atoms with E-state index in [0.29, 0.717) is 22.8 Å². The maximum Gasteiger partial charge on any atom is 0.251 e. The van der Waals surface area contributed by atoms with Crippen molar-refractivity contribution in [2.24, 2.45) is 0 Å². The van der Waals surface area contributed by atoms with Gasteiger partial charge in [-0.05, 0) is 55.0 Å². The highest BCUT2D eigenvalue weighted by molar-refractivity contribution is 5.94. The molecule has 3 rings (SSSR count). The third-order valence-electron chi connectivity index (χ3n) is 4.71. The van der Waals surface area contributed by atoms with Crippen LogP contribution in [0, 0.1) is 5.82 Å². The summed E-state index contributed by atoms with van der Waals surface area (Å²) in [6.45, 7) is 2.05. The SMILES string of the molecule is COc1ccc(C(=O)N[C@@H](C)c2ccc(F)cc2)cc1COc1ccccc1OC. The fraction of sp³-hybridized carbons (Fsp3) is 0.208. The predicted octanol–water partition coefficient (Wildman–Crippen LogP) is 4.91. The van der Waals surface area contributed by atoms with Crippen LogP contribution in [0.15, 0.2) is 66.7 Å². The Bertz CT molecular complexity index is 1000. The molecule has 1 amide bonds. The molecule has 0 radical (unpaired) electrons. The number of halogens is 1. The Kier molecular flexibility index (Phi) is 6.91. The van der Waals surface area contributed by atoms with E-state index >= 15 is 0 Å². The van der Waals surface area contributed by atoms with E-state index in [4.69, 9.17) is 14.2 Å². The van der Waals surface area contributed by atoms with Crippen LogP contribution < -0.4 is 19.5 Å². The first kappa shape index (κ1) is 21.2. The summed E-state index contributed by atoms with van der Waals surface area (Å²) in [7, 11) is 3.15. The summed E-state index contributed by atoms with van der Waals surface area (Å²) in [5.41, 5.74) is 2.02. The molecule has 3 aromatic rings. The largest absolute Gasteiger partial charge is 0.496 e. The molecule has 1 atom stereocenters. The highest BCUT2D eigenvalue weighted by atomic mass is 19.1. The Hall–Kier alpha value is -3.54. The summed E-state index contributed by atoms with van der Waals surface area (Å²) < 4.78 is 29.7. The molecular formula is C24H24FNO4. The highest BCUT2D eigenvalue weighted by Crippen LogP contribution is 2.28. The van der Waals surface area contributed by atoms with Crippen molar-refractivity contribution in [2.45, 2.75) is 19.6 Å². The summed E-state index contributed by atoms with van der Waals surface area (Å²) in [6, 6.07) is 18.3. The standard InChI is InChI=1S/C24H24FNO4/c1-16(17-8-11-20(25)12-9-17)26-24(27)18-10-13-21(28-2)19(14-18)15-30-23-7-5-4-6-22(23)29-3/h4-14,16H,15H2,1-3H3,(H,26,27)/t16-/m0/s1. The molecular weight excluding hydrogens is 385 g/mol. The van der Waals surface area contributed by atoms with Crippen molar-refractivity contribution < 1.29 is 23.4 Å². The van der Waals surface area contributed by atoms with Gasteiger partial charge in [-0.1, -0.05) is 24.3 Å². The molecule has 156 valence electrons. The first-order valence-corrected chi connectivity index (χ1v) is 9.51. The van der Waals surface area contributed by atoms with E-state index in [1.165, 1.54) is 12.1 Å². The Morgan fingerprint density at radius 2 is 1.60 bits per heavy atom. The van der Waals surface area contributed by atoms with Crippen molar-refractivity contribution >= 4 is 5.91 Å². The minimum absolute atomic E-state index is 0.207. The van der Waals surface area contributed by atoms with Gasteiger partial charge in [-0.25, -0.2) is 4.39 Å². The van der Waals surface area contributed by atoms with Crippen molar-refractivity contribution in [1.29, 1.82) is 0 Å². The lowest BCUT2D eigenvalue weighted by atomic mass is 10.1. The number of carbonyl (C=O) groups excluding carboxylic acids is 1. The zero-order valence-electron chi connectivity index (χ0n) is 17.1. The topological polar surface area (TPSA) is 56.8 Å². The monoisotopic (exact) mass is 409 g/mol. The summed E-state index contributed by atoms with van der Waals surface area (Å²) in [4.78, 5) is 12.7. The highest BCUT2D eigenvalue weighted by Gasteiger charge is 2.15. The van der Waals surface area contributed by atoms with Crippen LogP contribution in [0.25, 0.3) is 0 Å². The van der Waals surface area contributed by atoms with Crippen molar-refractivity contribution in [2.75, 3.05) is 14.2 Å². The van der Waals surface area contributed by atoms with Gasteiger partial charge in [0.2, 0.25) is 0 Å². The van der Waals surface area contributed by atoms with E-state index in [1.807, 2.05) is 31.2 Å². The van der Waals surface area contributed by atoms with Crippen molar-refractivity contribution in [3.8, 4) is 17.2 Å². The molecule has 0 unspecified atom stereocenters. The van der Waals surface area contributed by atoms with E-state index in [1.54, 1.807) is 44.6 Å². The van der Waals surface area contributed by atoms with Crippen LogP contribution in [0.2, 0.25) is 0 Å². The first-order valence-electron chi connectivity index (χ1n) is 9.51. The Labute approximate surface area is 175 Å². The lowest BCUT2D eigenvalue weighted by molar-refractivity contribution is 0.0939. The molecule has 0 fully saturated rings. The van der Waals surface area contributed by atoms with Crippen LogP contribution in [-0.2, 0) is 6.61 Å². The molecule has 0 saturated heterocycles. The molecule has 0 aromatic heterocycles. The summed E-state index contributed by atoms with van der Waals surface area (Å²) in [5, 5.41) is 2.93. The van der Waals surface area contributed by atoms with Gasteiger partial charge in [-0.3, -0.25) is 4.79 Å². The van der Waals surface area contributed by atoms with Crippen LogP contribution in [0.5, 0.6) is 17.2 Å². The lowest BCUT2D eigenvalue weighted by Gasteiger charge is -2.16. The molecule has 0 bridgehead atoms. The van der Waals surface area contributed by atoms with Crippen molar-refractivity contribution in [3.05, 3.63) is 89.2 Å². The zero-order chi connectivity index (χ0) is 21.5. The molecule has 0 aliphatic carbocycles. The molecule has 0 aliphatic rings. The van der Waals surface area contributed by atoms with Gasteiger partial charge < -0.3 is 19.5 Å². The lowest BCUT2D eigenvalue weighted by Crippen LogP contribution is -2.26. The minimum Gasteiger partial charge on any atom is -0.496 e. The van der Waals surface area contributed by atoms with Gasteiger partial charge in [0.1, 0.15) is 18.2 Å². The van der Waals surface area contributed by atoms with Gasteiger partial charge in [0.15, 0.2) is 11.5 Å². The fourth-order valence-electron chi connectivity index (χ4n) is 3.04. The maximum absolute atomic E-state index is 13.1. The smallest absolute Gasteiger partial charge is 0.251 e. The molecule has 5 nitrogen and oxygen atoms in total. The average Bonchev–Trinajstić information content (AvgIpc) is 2.77. The molecule has 6 heteroatoms. The number of ether oxygens (including phenoxy) is 3. The number of para-hydroxylation sites is 2. The van der Waals surface area contributed by atoms with Gasteiger partial charge in [-0.2, -0.15) is 0 Å². The number of amides is 1. The summed E-state index contributed by atoms with van der Waals surface area (Å²) >= 11 is 0. The maximum atomic E-state index is 13.1. The third kappa shape index (κ3) is 5.08. The second-order valence-electron chi connectivity index (χ2n) is 6.71. The van der Waals surface area contributed by atoms with Crippen LogP contribution in [0.1, 0.15) is 34.5 Å². The van der Waals surface area contributed by atoms with Gasteiger partial charge in [0.25, 0.3) is 5.91 Å². The van der Waals surface area contributed by atoms with E-state index < -0.39 is 0 Å². The molecule has 0 spiro atoms. The normalized spacial score (nSPS) is 11.5. The van der Waals surface area contributed by atoms with Gasteiger partial charge in [-0.15, -0.1) is 0 Å². The molecule has 0 heterocycles. The number of carbonyl (C=O) groups is 1. The molecule has 0 aliphatic heterocycles. The van der Waals surface area contributed by atoms with Crippen LogP contribution >= 0.6 is 0 Å². The average molecular weight is 409 g/mol. The number of hydrogen-bond donors (Lipinski definition) is 1. The number of rotatable bonds is 8. The van der Waals surface area contributed by atoms with E-state index in [9.17, 15) is 9.18 Å². The van der Waals surface area contributed by atoms with Gasteiger partial charge in [0, 0.05) is 11.1 Å². The second kappa shape index (κ2) is 9.78. The molecule has 0 saturated carbocycles. The fourth-order valence-corrected chi connectivity index (χ4v) is 3.04. The molecule has 30 heavy (non-hydrogen) atoms.